The Balaban J connectivity index is 3.13. The number of nitrogens with zero attached hydrogens (tertiary/aromatic N) is 2. The monoisotopic (exact) mass is 154 g/mol. The van der Waals surface area contributed by atoms with Crippen molar-refractivity contribution in [2.75, 3.05) is 0 Å². The standard InChI is InChI=1S/C8H11FN2/c1-5(2)7-4-6(3)10-11-8(7)9/h4-5H,1-3H3. The molecule has 0 N–H and O–H groups in total. The van der Waals surface area contributed by atoms with E-state index < -0.39 is 5.95 Å². The Morgan fingerprint density at radius 1 is 1.36 bits per heavy atom. The van der Waals surface area contributed by atoms with Gasteiger partial charge in [-0.2, -0.15) is 9.49 Å². The van der Waals surface area contributed by atoms with Gasteiger partial charge in [-0.3, -0.25) is 0 Å². The van der Waals surface area contributed by atoms with Crippen LogP contribution in [-0.2, 0) is 0 Å². The zero-order chi connectivity index (χ0) is 8.43. The molecular weight excluding hydrogens is 143 g/mol. The van der Waals surface area contributed by atoms with E-state index in [1.165, 1.54) is 0 Å². The van der Waals surface area contributed by atoms with Crippen LogP contribution in [0, 0.1) is 12.9 Å². The van der Waals surface area contributed by atoms with Gasteiger partial charge in [0.25, 0.3) is 0 Å². The molecule has 3 heteroatoms. The number of halogens is 1. The molecule has 0 saturated carbocycles. The minimum Gasteiger partial charge on any atom is -0.183 e. The van der Waals surface area contributed by atoms with Gasteiger partial charge in [0, 0.05) is 5.56 Å². The third-order valence-electron chi connectivity index (χ3n) is 1.52. The van der Waals surface area contributed by atoms with Crippen molar-refractivity contribution in [2.24, 2.45) is 0 Å². The highest BCUT2D eigenvalue weighted by atomic mass is 19.1. The normalized spacial score (nSPS) is 10.6. The maximum absolute atomic E-state index is 12.8. The summed E-state index contributed by atoms with van der Waals surface area (Å²) >= 11 is 0. The zero-order valence-electron chi connectivity index (χ0n) is 6.93. The van der Waals surface area contributed by atoms with Crippen molar-refractivity contribution in [1.29, 1.82) is 0 Å². The fourth-order valence-corrected chi connectivity index (χ4v) is 0.899. The highest BCUT2D eigenvalue weighted by Crippen LogP contribution is 2.15. The molecule has 0 aliphatic carbocycles. The summed E-state index contributed by atoms with van der Waals surface area (Å²) in [6, 6.07) is 1.73. The van der Waals surface area contributed by atoms with Crippen LogP contribution in [0.3, 0.4) is 0 Å². The summed E-state index contributed by atoms with van der Waals surface area (Å²) in [5, 5.41) is 6.98. The third-order valence-corrected chi connectivity index (χ3v) is 1.52. The highest BCUT2D eigenvalue weighted by molar-refractivity contribution is 5.16. The van der Waals surface area contributed by atoms with E-state index in [1.807, 2.05) is 13.8 Å². The molecule has 11 heavy (non-hydrogen) atoms. The topological polar surface area (TPSA) is 25.8 Å². The van der Waals surface area contributed by atoms with E-state index in [1.54, 1.807) is 13.0 Å². The maximum Gasteiger partial charge on any atom is 0.236 e. The lowest BCUT2D eigenvalue weighted by Gasteiger charge is -2.04. The Morgan fingerprint density at radius 2 is 2.00 bits per heavy atom. The summed E-state index contributed by atoms with van der Waals surface area (Å²) in [5.74, 6) is -0.283. The molecule has 0 amide bonds. The van der Waals surface area contributed by atoms with E-state index in [2.05, 4.69) is 10.2 Å². The zero-order valence-corrected chi connectivity index (χ0v) is 6.93. The molecule has 0 aliphatic rings. The molecule has 60 valence electrons. The largest absolute Gasteiger partial charge is 0.236 e. The highest BCUT2D eigenvalue weighted by Gasteiger charge is 2.07. The van der Waals surface area contributed by atoms with Crippen molar-refractivity contribution in [2.45, 2.75) is 26.7 Å². The second-order valence-corrected chi connectivity index (χ2v) is 2.89. The lowest BCUT2D eigenvalue weighted by Crippen LogP contribution is -1.99. The second-order valence-electron chi connectivity index (χ2n) is 2.89. The Labute approximate surface area is 65.5 Å². The van der Waals surface area contributed by atoms with Gasteiger partial charge in [-0.25, -0.2) is 0 Å². The minimum absolute atomic E-state index is 0.171. The van der Waals surface area contributed by atoms with Crippen LogP contribution in [-0.4, -0.2) is 10.2 Å². The predicted molar refractivity (Wildman–Crippen MR) is 40.8 cm³/mol. The van der Waals surface area contributed by atoms with Crippen LogP contribution in [0.25, 0.3) is 0 Å². The first-order valence-electron chi connectivity index (χ1n) is 3.61. The Morgan fingerprint density at radius 3 is 2.45 bits per heavy atom. The van der Waals surface area contributed by atoms with Gasteiger partial charge in [-0.15, -0.1) is 5.10 Å². The Hall–Kier alpha value is -0.990. The summed E-state index contributed by atoms with van der Waals surface area (Å²) < 4.78 is 12.8. The Kier molecular flexibility index (Phi) is 2.17. The molecular formula is C8H11FN2. The van der Waals surface area contributed by atoms with Gasteiger partial charge in [-0.1, -0.05) is 13.8 Å². The quantitative estimate of drug-likeness (QED) is 0.618. The minimum atomic E-state index is -0.453. The van der Waals surface area contributed by atoms with Crippen LogP contribution >= 0.6 is 0 Å². The van der Waals surface area contributed by atoms with E-state index in [9.17, 15) is 4.39 Å². The van der Waals surface area contributed by atoms with Crippen molar-refractivity contribution in [3.63, 3.8) is 0 Å². The van der Waals surface area contributed by atoms with Gasteiger partial charge in [0.2, 0.25) is 5.95 Å². The molecule has 0 bridgehead atoms. The van der Waals surface area contributed by atoms with Gasteiger partial charge in [0.1, 0.15) is 0 Å². The van der Waals surface area contributed by atoms with Gasteiger partial charge < -0.3 is 0 Å². The van der Waals surface area contributed by atoms with Crippen molar-refractivity contribution in [3.05, 3.63) is 23.3 Å². The van der Waals surface area contributed by atoms with E-state index in [4.69, 9.17) is 0 Å². The molecule has 0 unspecified atom stereocenters. The molecule has 1 aromatic heterocycles. The predicted octanol–water partition coefficient (Wildman–Crippen LogP) is 2.05. The smallest absolute Gasteiger partial charge is 0.183 e. The molecule has 0 aromatic carbocycles. The molecule has 0 atom stereocenters. The molecule has 0 fully saturated rings. The number of aryl methyl sites for hydroxylation is 1. The fraction of sp³-hybridized carbons (Fsp3) is 0.500. The molecule has 1 heterocycles. The SMILES string of the molecule is Cc1cc(C(C)C)c(F)nn1. The number of hydrogen-bond acceptors (Lipinski definition) is 2. The van der Waals surface area contributed by atoms with Gasteiger partial charge in [-0.05, 0) is 18.9 Å². The van der Waals surface area contributed by atoms with Crippen LogP contribution in [0.1, 0.15) is 31.0 Å². The molecule has 0 aliphatic heterocycles. The van der Waals surface area contributed by atoms with Crippen LogP contribution in [0.5, 0.6) is 0 Å². The summed E-state index contributed by atoms with van der Waals surface area (Å²) in [7, 11) is 0. The van der Waals surface area contributed by atoms with Gasteiger partial charge in [0.15, 0.2) is 0 Å². The number of hydrogen-bond donors (Lipinski definition) is 0. The lowest BCUT2D eigenvalue weighted by molar-refractivity contribution is 0.534. The van der Waals surface area contributed by atoms with Crippen molar-refractivity contribution < 1.29 is 4.39 Å². The van der Waals surface area contributed by atoms with Gasteiger partial charge in [0.05, 0.1) is 5.69 Å². The van der Waals surface area contributed by atoms with E-state index in [0.29, 0.717) is 5.56 Å². The molecule has 0 radical (unpaired) electrons. The second kappa shape index (κ2) is 2.95. The van der Waals surface area contributed by atoms with Crippen molar-refractivity contribution >= 4 is 0 Å². The van der Waals surface area contributed by atoms with E-state index in [0.717, 1.165) is 5.69 Å². The summed E-state index contributed by atoms with van der Waals surface area (Å²) in [6.45, 7) is 5.66. The molecule has 0 saturated heterocycles. The number of rotatable bonds is 1. The molecule has 1 aromatic rings. The van der Waals surface area contributed by atoms with Crippen LogP contribution in [0.2, 0.25) is 0 Å². The maximum atomic E-state index is 12.8. The van der Waals surface area contributed by atoms with Crippen LogP contribution in [0.4, 0.5) is 4.39 Å². The molecule has 1 rings (SSSR count). The van der Waals surface area contributed by atoms with Crippen molar-refractivity contribution in [3.8, 4) is 0 Å². The first-order valence-corrected chi connectivity index (χ1v) is 3.61. The lowest BCUT2D eigenvalue weighted by atomic mass is 10.1. The molecule has 0 spiro atoms. The first-order chi connectivity index (χ1) is 5.11. The van der Waals surface area contributed by atoms with E-state index >= 15 is 0 Å². The molecule has 2 nitrogen and oxygen atoms in total. The average molecular weight is 154 g/mol. The Bertz CT molecular complexity index is 258. The van der Waals surface area contributed by atoms with Crippen LogP contribution < -0.4 is 0 Å². The summed E-state index contributed by atoms with van der Waals surface area (Å²) in [6.07, 6.45) is 0. The van der Waals surface area contributed by atoms with Crippen LogP contribution in [0.15, 0.2) is 6.07 Å². The first kappa shape index (κ1) is 8.11. The summed E-state index contributed by atoms with van der Waals surface area (Å²) in [5.41, 5.74) is 1.40. The number of aromatic nitrogens is 2. The summed E-state index contributed by atoms with van der Waals surface area (Å²) in [4.78, 5) is 0. The van der Waals surface area contributed by atoms with Crippen molar-refractivity contribution in [1.82, 2.24) is 10.2 Å². The third kappa shape index (κ3) is 1.73. The van der Waals surface area contributed by atoms with Gasteiger partial charge >= 0.3 is 0 Å². The average Bonchev–Trinajstić information content (AvgIpc) is 1.94. The van der Waals surface area contributed by atoms with E-state index in [-0.39, 0.29) is 5.92 Å². The fourth-order valence-electron chi connectivity index (χ4n) is 0.899.